The zero-order valence-electron chi connectivity index (χ0n) is 16.5. The summed E-state index contributed by atoms with van der Waals surface area (Å²) in [6, 6.07) is 18.1. The van der Waals surface area contributed by atoms with Crippen LogP contribution in [0.4, 0.5) is 5.69 Å². The van der Waals surface area contributed by atoms with Crippen molar-refractivity contribution in [3.8, 4) is 0 Å². The number of nitrogens with zero attached hydrogens (tertiary/aromatic N) is 1. The highest BCUT2D eigenvalue weighted by atomic mass is 32.2. The molecule has 3 aromatic rings. The molecule has 1 amide bonds. The number of benzene rings is 2. The Labute approximate surface area is 174 Å². The maximum absolute atomic E-state index is 13.0. The molecule has 1 heterocycles. The number of hydrogen-bond acceptors (Lipinski definition) is 5. The molecule has 0 spiro atoms. The maximum Gasteiger partial charge on any atom is 0.342 e. The van der Waals surface area contributed by atoms with Crippen LogP contribution in [0, 0.1) is 13.8 Å². The van der Waals surface area contributed by atoms with Gasteiger partial charge in [0, 0.05) is 17.4 Å². The lowest BCUT2D eigenvalue weighted by Crippen LogP contribution is -2.26. The first-order valence-electron chi connectivity index (χ1n) is 9.12. The molecule has 0 fully saturated rings. The lowest BCUT2D eigenvalue weighted by molar-refractivity contribution is -0.125. The minimum atomic E-state index is -1.08. The van der Waals surface area contributed by atoms with Gasteiger partial charge in [-0.2, -0.15) is 0 Å². The number of aryl methyl sites for hydroxylation is 2. The van der Waals surface area contributed by atoms with Crippen molar-refractivity contribution in [2.24, 2.45) is 0 Å². The molecule has 1 atom stereocenters. The SMILES string of the molecule is CSc1ncccc1C(=O)OC(C(=O)Nc1cc(C)cc(C)c1)c1ccccc1. The van der Waals surface area contributed by atoms with Gasteiger partial charge in [0.25, 0.3) is 5.91 Å². The van der Waals surface area contributed by atoms with Crippen LogP contribution in [-0.4, -0.2) is 23.1 Å². The molecule has 3 rings (SSSR count). The maximum atomic E-state index is 13.0. The summed E-state index contributed by atoms with van der Waals surface area (Å²) in [7, 11) is 0. The number of carbonyl (C=O) groups excluding carboxylic acids is 2. The van der Waals surface area contributed by atoms with Crippen molar-refractivity contribution in [3.63, 3.8) is 0 Å². The minimum Gasteiger partial charge on any atom is -0.444 e. The average Bonchev–Trinajstić information content (AvgIpc) is 2.71. The molecule has 29 heavy (non-hydrogen) atoms. The Kier molecular flexibility index (Phi) is 6.67. The molecule has 0 radical (unpaired) electrons. The Morgan fingerprint density at radius 3 is 2.34 bits per heavy atom. The molecule has 2 aromatic carbocycles. The number of anilines is 1. The summed E-state index contributed by atoms with van der Waals surface area (Å²) in [6.45, 7) is 3.92. The molecule has 0 aliphatic carbocycles. The second-order valence-electron chi connectivity index (χ2n) is 6.62. The standard InChI is InChI=1S/C23H22N2O3S/c1-15-12-16(2)14-18(13-15)25-21(26)20(17-8-5-4-6-9-17)28-23(27)19-10-7-11-24-22(19)29-3/h4-14,20H,1-3H3,(H,25,26). The van der Waals surface area contributed by atoms with E-state index in [1.807, 2.05) is 44.4 Å². The van der Waals surface area contributed by atoms with Gasteiger partial charge in [-0.1, -0.05) is 36.4 Å². The Bertz CT molecular complexity index is 1000. The number of aromatic nitrogens is 1. The second kappa shape index (κ2) is 9.39. The fraction of sp³-hybridized carbons (Fsp3) is 0.174. The Morgan fingerprint density at radius 1 is 1.00 bits per heavy atom. The van der Waals surface area contributed by atoms with E-state index in [-0.39, 0.29) is 0 Å². The van der Waals surface area contributed by atoms with Gasteiger partial charge in [0.1, 0.15) is 5.03 Å². The summed E-state index contributed by atoms with van der Waals surface area (Å²) in [5.74, 6) is -1.00. The van der Waals surface area contributed by atoms with E-state index in [4.69, 9.17) is 4.74 Å². The molecule has 1 aromatic heterocycles. The fourth-order valence-electron chi connectivity index (χ4n) is 3.03. The lowest BCUT2D eigenvalue weighted by Gasteiger charge is -2.19. The van der Waals surface area contributed by atoms with Crippen LogP contribution in [0.15, 0.2) is 71.9 Å². The molecule has 148 valence electrons. The third-order valence-electron chi connectivity index (χ3n) is 4.24. The summed E-state index contributed by atoms with van der Waals surface area (Å²) in [5, 5.41) is 3.43. The average molecular weight is 407 g/mol. The third kappa shape index (κ3) is 5.23. The second-order valence-corrected chi connectivity index (χ2v) is 7.42. The highest BCUT2D eigenvalue weighted by Crippen LogP contribution is 2.25. The molecule has 0 saturated heterocycles. The number of carbonyl (C=O) groups is 2. The highest BCUT2D eigenvalue weighted by molar-refractivity contribution is 7.98. The van der Waals surface area contributed by atoms with Crippen LogP contribution in [0.5, 0.6) is 0 Å². The Balaban J connectivity index is 1.88. The number of amides is 1. The summed E-state index contributed by atoms with van der Waals surface area (Å²) < 4.78 is 5.66. The molecular weight excluding hydrogens is 384 g/mol. The predicted molar refractivity (Wildman–Crippen MR) is 115 cm³/mol. The largest absolute Gasteiger partial charge is 0.444 e. The van der Waals surface area contributed by atoms with E-state index in [2.05, 4.69) is 10.3 Å². The van der Waals surface area contributed by atoms with Crippen molar-refractivity contribution in [1.29, 1.82) is 0 Å². The number of esters is 1. The summed E-state index contributed by atoms with van der Waals surface area (Å²) in [4.78, 5) is 30.1. The van der Waals surface area contributed by atoms with Gasteiger partial charge in [-0.15, -0.1) is 11.8 Å². The molecule has 1 N–H and O–H groups in total. The monoisotopic (exact) mass is 406 g/mol. The van der Waals surface area contributed by atoms with Crippen LogP contribution < -0.4 is 5.32 Å². The van der Waals surface area contributed by atoms with E-state index in [0.29, 0.717) is 21.8 Å². The smallest absolute Gasteiger partial charge is 0.342 e. The molecule has 0 bridgehead atoms. The van der Waals surface area contributed by atoms with Crippen LogP contribution >= 0.6 is 11.8 Å². The van der Waals surface area contributed by atoms with Crippen LogP contribution in [-0.2, 0) is 9.53 Å². The van der Waals surface area contributed by atoms with Crippen molar-refractivity contribution in [2.45, 2.75) is 25.0 Å². The molecule has 0 saturated carbocycles. The first-order valence-corrected chi connectivity index (χ1v) is 10.3. The zero-order valence-corrected chi connectivity index (χ0v) is 17.3. The van der Waals surface area contributed by atoms with Gasteiger partial charge in [0.15, 0.2) is 0 Å². The van der Waals surface area contributed by atoms with Crippen LogP contribution in [0.25, 0.3) is 0 Å². The van der Waals surface area contributed by atoms with E-state index in [9.17, 15) is 9.59 Å². The van der Waals surface area contributed by atoms with E-state index in [1.54, 1.807) is 42.6 Å². The molecule has 6 heteroatoms. The first-order chi connectivity index (χ1) is 14.0. The number of ether oxygens (including phenoxy) is 1. The number of thioether (sulfide) groups is 1. The van der Waals surface area contributed by atoms with Crippen molar-refractivity contribution in [1.82, 2.24) is 4.98 Å². The van der Waals surface area contributed by atoms with Gasteiger partial charge < -0.3 is 10.1 Å². The van der Waals surface area contributed by atoms with Crippen LogP contribution in [0.2, 0.25) is 0 Å². The van der Waals surface area contributed by atoms with Crippen LogP contribution in [0.1, 0.15) is 33.2 Å². The van der Waals surface area contributed by atoms with Crippen LogP contribution in [0.3, 0.4) is 0 Å². The van der Waals surface area contributed by atoms with E-state index in [1.165, 1.54) is 11.8 Å². The van der Waals surface area contributed by atoms with Gasteiger partial charge in [0.2, 0.25) is 6.10 Å². The molecule has 0 aliphatic rings. The quantitative estimate of drug-likeness (QED) is 0.463. The zero-order chi connectivity index (χ0) is 20.8. The molecule has 5 nitrogen and oxygen atoms in total. The number of rotatable bonds is 6. The van der Waals surface area contributed by atoms with Crippen molar-refractivity contribution in [3.05, 3.63) is 89.1 Å². The van der Waals surface area contributed by atoms with Crippen molar-refractivity contribution in [2.75, 3.05) is 11.6 Å². The molecular formula is C23H22N2O3S. The number of hydrogen-bond donors (Lipinski definition) is 1. The number of nitrogens with one attached hydrogen (secondary N) is 1. The fourth-order valence-corrected chi connectivity index (χ4v) is 3.57. The summed E-state index contributed by atoms with van der Waals surface area (Å²) in [6.07, 6.45) is 2.37. The minimum absolute atomic E-state index is 0.333. The van der Waals surface area contributed by atoms with Gasteiger partial charge in [0.05, 0.1) is 5.56 Å². The number of pyridine rings is 1. The van der Waals surface area contributed by atoms with Crippen molar-refractivity contribution < 1.29 is 14.3 Å². The normalized spacial score (nSPS) is 11.6. The summed E-state index contributed by atoms with van der Waals surface area (Å²) >= 11 is 1.35. The Hall–Kier alpha value is -3.12. The van der Waals surface area contributed by atoms with Gasteiger partial charge >= 0.3 is 5.97 Å². The molecule has 0 aliphatic heterocycles. The first kappa shape index (κ1) is 20.6. The van der Waals surface area contributed by atoms with Gasteiger partial charge in [-0.05, 0) is 55.5 Å². The lowest BCUT2D eigenvalue weighted by atomic mass is 10.1. The summed E-state index contributed by atoms with van der Waals surface area (Å²) in [5.41, 5.74) is 3.66. The van der Waals surface area contributed by atoms with Gasteiger partial charge in [-0.3, -0.25) is 4.79 Å². The Morgan fingerprint density at radius 2 is 1.69 bits per heavy atom. The molecule has 1 unspecified atom stereocenters. The van der Waals surface area contributed by atoms with E-state index < -0.39 is 18.0 Å². The topological polar surface area (TPSA) is 68.3 Å². The van der Waals surface area contributed by atoms with Gasteiger partial charge in [-0.25, -0.2) is 9.78 Å². The van der Waals surface area contributed by atoms with E-state index in [0.717, 1.165) is 11.1 Å². The predicted octanol–water partition coefficient (Wildman–Crippen LogP) is 4.96. The third-order valence-corrected chi connectivity index (χ3v) is 4.95. The highest BCUT2D eigenvalue weighted by Gasteiger charge is 2.27. The van der Waals surface area contributed by atoms with E-state index >= 15 is 0 Å². The van der Waals surface area contributed by atoms with Crippen molar-refractivity contribution >= 4 is 29.3 Å².